The van der Waals surface area contributed by atoms with Crippen LogP contribution in [0.5, 0.6) is 5.88 Å². The van der Waals surface area contributed by atoms with E-state index in [1.165, 1.54) is 28.0 Å². The van der Waals surface area contributed by atoms with Gasteiger partial charge < -0.3 is 10.2 Å². The van der Waals surface area contributed by atoms with Gasteiger partial charge in [-0.3, -0.25) is 4.90 Å². The van der Waals surface area contributed by atoms with Crippen molar-refractivity contribution in [2.75, 3.05) is 13.1 Å². The first kappa shape index (κ1) is 17.4. The highest BCUT2D eigenvalue weighted by Crippen LogP contribution is 2.40. The highest BCUT2D eigenvalue weighted by Gasteiger charge is 2.31. The highest BCUT2D eigenvalue weighted by atomic mass is 32.1. The molecule has 0 amide bonds. The number of thiazole rings is 1. The zero-order valence-electron chi connectivity index (χ0n) is 14.5. The Kier molecular flexibility index (Phi) is 4.64. The molecule has 3 heterocycles. The first-order valence-electron chi connectivity index (χ1n) is 8.81. The Morgan fingerprint density at radius 2 is 1.96 bits per heavy atom. The Balaban J connectivity index is 1.78. The molecular weight excluding hydrogens is 355 g/mol. The number of piperidine rings is 1. The number of aliphatic hydroxyl groups is 1. The van der Waals surface area contributed by atoms with Crippen LogP contribution in [0.1, 0.15) is 42.1 Å². The molecule has 0 saturated carbocycles. The lowest BCUT2D eigenvalue weighted by atomic mass is 9.99. The molecule has 0 bridgehead atoms. The molecule has 1 aliphatic heterocycles. The number of rotatable bonds is 4. The van der Waals surface area contributed by atoms with Gasteiger partial charge in [-0.2, -0.15) is 4.52 Å². The minimum atomic E-state index is -0.291. The summed E-state index contributed by atoms with van der Waals surface area (Å²) in [6.45, 7) is 3.38. The zero-order valence-corrected chi connectivity index (χ0v) is 15.3. The van der Waals surface area contributed by atoms with Crippen LogP contribution >= 0.6 is 11.3 Å². The van der Waals surface area contributed by atoms with Crippen molar-refractivity contribution in [3.05, 3.63) is 46.3 Å². The topological polar surface area (TPSA) is 73.9 Å². The van der Waals surface area contributed by atoms with Crippen LogP contribution in [0, 0.1) is 5.82 Å². The number of benzene rings is 1. The Labute approximate surface area is 154 Å². The molecule has 3 aromatic rings. The van der Waals surface area contributed by atoms with Crippen LogP contribution in [0.25, 0.3) is 4.96 Å². The van der Waals surface area contributed by atoms with E-state index >= 15 is 0 Å². The largest absolute Gasteiger partial charge is 0.492 e. The number of aliphatic hydroxyl groups excluding tert-OH is 1. The van der Waals surface area contributed by atoms with Crippen LogP contribution < -0.4 is 0 Å². The summed E-state index contributed by atoms with van der Waals surface area (Å²) in [5.74, 6) is 0.483. The van der Waals surface area contributed by atoms with Gasteiger partial charge in [0.05, 0.1) is 17.0 Å². The number of aromatic hydroxyl groups is 1. The number of halogens is 1. The predicted molar refractivity (Wildman–Crippen MR) is 97.0 cm³/mol. The first-order valence-corrected chi connectivity index (χ1v) is 9.63. The summed E-state index contributed by atoms with van der Waals surface area (Å²) in [6, 6.07) is 6.14. The lowest BCUT2D eigenvalue weighted by molar-refractivity contribution is 0.0689. The molecule has 1 atom stereocenters. The molecule has 2 N–H and O–H groups in total. The van der Waals surface area contributed by atoms with Crippen molar-refractivity contribution in [2.45, 2.75) is 38.3 Å². The summed E-state index contributed by atoms with van der Waals surface area (Å²) in [5, 5.41) is 25.0. The molecule has 138 valence electrons. The number of aromatic nitrogens is 3. The van der Waals surface area contributed by atoms with Crippen LogP contribution in [0.4, 0.5) is 4.39 Å². The van der Waals surface area contributed by atoms with E-state index in [9.17, 15) is 14.6 Å². The molecular formula is C18H21FN4O2S. The summed E-state index contributed by atoms with van der Waals surface area (Å²) in [7, 11) is 0. The number of hydrogen-bond donors (Lipinski definition) is 2. The summed E-state index contributed by atoms with van der Waals surface area (Å²) >= 11 is 1.40. The third kappa shape index (κ3) is 3.08. The fraction of sp³-hybridized carbons (Fsp3) is 0.444. The second-order valence-corrected chi connectivity index (χ2v) is 7.60. The van der Waals surface area contributed by atoms with E-state index in [4.69, 9.17) is 0 Å². The molecule has 0 aliphatic carbocycles. The van der Waals surface area contributed by atoms with E-state index in [1.807, 2.05) is 6.92 Å². The van der Waals surface area contributed by atoms with Crippen molar-refractivity contribution in [3.63, 3.8) is 0 Å². The van der Waals surface area contributed by atoms with E-state index in [2.05, 4.69) is 15.0 Å². The fourth-order valence-electron chi connectivity index (χ4n) is 3.44. The molecule has 0 radical (unpaired) electrons. The molecule has 8 heteroatoms. The molecule has 26 heavy (non-hydrogen) atoms. The van der Waals surface area contributed by atoms with Gasteiger partial charge in [-0.1, -0.05) is 30.4 Å². The highest BCUT2D eigenvalue weighted by molar-refractivity contribution is 7.17. The van der Waals surface area contributed by atoms with Gasteiger partial charge in [-0.05, 0) is 30.5 Å². The number of fused-ring (bicyclic) bond motifs is 1. The van der Waals surface area contributed by atoms with Gasteiger partial charge in [-0.15, -0.1) is 5.10 Å². The molecule has 1 saturated heterocycles. The van der Waals surface area contributed by atoms with Crippen molar-refractivity contribution < 1.29 is 14.6 Å². The average Bonchev–Trinajstić information content (AvgIpc) is 3.18. The van der Waals surface area contributed by atoms with Crippen LogP contribution in [-0.2, 0) is 6.42 Å². The van der Waals surface area contributed by atoms with Crippen molar-refractivity contribution in [2.24, 2.45) is 0 Å². The van der Waals surface area contributed by atoms with Gasteiger partial charge in [-0.25, -0.2) is 9.37 Å². The Hall–Kier alpha value is -2.03. The normalized spacial score (nSPS) is 17.8. The number of nitrogens with zero attached hydrogens (tertiary/aromatic N) is 4. The summed E-state index contributed by atoms with van der Waals surface area (Å²) < 4.78 is 14.9. The van der Waals surface area contributed by atoms with Crippen molar-refractivity contribution in [1.29, 1.82) is 0 Å². The van der Waals surface area contributed by atoms with E-state index in [0.29, 0.717) is 43.1 Å². The number of aryl methyl sites for hydroxylation is 1. The van der Waals surface area contributed by atoms with Crippen molar-refractivity contribution in [1.82, 2.24) is 19.5 Å². The molecule has 2 aromatic heterocycles. The Bertz CT molecular complexity index is 900. The van der Waals surface area contributed by atoms with E-state index in [0.717, 1.165) is 10.4 Å². The van der Waals surface area contributed by atoms with Gasteiger partial charge in [0, 0.05) is 19.5 Å². The maximum absolute atomic E-state index is 13.4. The first-order chi connectivity index (χ1) is 12.6. The lowest BCUT2D eigenvalue weighted by Gasteiger charge is -2.36. The van der Waals surface area contributed by atoms with Crippen LogP contribution in [0.2, 0.25) is 0 Å². The molecule has 1 unspecified atom stereocenters. The fourth-order valence-corrected chi connectivity index (χ4v) is 4.57. The second kappa shape index (κ2) is 6.94. The third-order valence-corrected chi connectivity index (χ3v) is 5.93. The van der Waals surface area contributed by atoms with Crippen LogP contribution in [0.15, 0.2) is 24.3 Å². The SMILES string of the molecule is CCc1nc2sc(C(c3ccc(F)cc3)N3CCC(O)CC3)c(O)n2n1. The molecule has 6 nitrogen and oxygen atoms in total. The molecule has 1 aromatic carbocycles. The monoisotopic (exact) mass is 376 g/mol. The van der Waals surface area contributed by atoms with Gasteiger partial charge in [0.25, 0.3) is 0 Å². The summed E-state index contributed by atoms with van der Waals surface area (Å²) in [4.78, 5) is 8.06. The smallest absolute Gasteiger partial charge is 0.230 e. The molecule has 0 spiro atoms. The standard InChI is InChI=1S/C18H21FN4O2S/c1-2-14-20-18-23(21-14)17(25)16(26-18)15(11-3-5-12(19)6-4-11)22-9-7-13(24)8-10-22/h3-6,13,15,24-25H,2,7-10H2,1H3. The minimum absolute atomic E-state index is 0.0812. The van der Waals surface area contributed by atoms with Gasteiger partial charge in [0.15, 0.2) is 5.82 Å². The maximum Gasteiger partial charge on any atom is 0.230 e. The van der Waals surface area contributed by atoms with Crippen molar-refractivity contribution >= 4 is 16.3 Å². The van der Waals surface area contributed by atoms with Gasteiger partial charge >= 0.3 is 0 Å². The van der Waals surface area contributed by atoms with Crippen molar-refractivity contribution in [3.8, 4) is 5.88 Å². The average molecular weight is 376 g/mol. The third-order valence-electron chi connectivity index (χ3n) is 4.86. The Morgan fingerprint density at radius 3 is 2.58 bits per heavy atom. The van der Waals surface area contributed by atoms with E-state index in [-0.39, 0.29) is 23.8 Å². The van der Waals surface area contributed by atoms with E-state index < -0.39 is 0 Å². The Morgan fingerprint density at radius 1 is 1.27 bits per heavy atom. The lowest BCUT2D eigenvalue weighted by Crippen LogP contribution is -2.38. The van der Waals surface area contributed by atoms with Crippen LogP contribution in [0.3, 0.4) is 0 Å². The van der Waals surface area contributed by atoms with Crippen LogP contribution in [-0.4, -0.2) is 48.9 Å². The quantitative estimate of drug-likeness (QED) is 0.732. The zero-order chi connectivity index (χ0) is 18.3. The second-order valence-electron chi connectivity index (χ2n) is 6.59. The van der Waals surface area contributed by atoms with E-state index in [1.54, 1.807) is 12.1 Å². The number of hydrogen-bond acceptors (Lipinski definition) is 6. The summed E-state index contributed by atoms with van der Waals surface area (Å²) in [6.07, 6.45) is 1.77. The number of likely N-dealkylation sites (tertiary alicyclic amines) is 1. The summed E-state index contributed by atoms with van der Waals surface area (Å²) in [5.41, 5.74) is 0.901. The molecule has 4 rings (SSSR count). The minimum Gasteiger partial charge on any atom is -0.492 e. The van der Waals surface area contributed by atoms with Gasteiger partial charge in [0.2, 0.25) is 10.8 Å². The predicted octanol–water partition coefficient (Wildman–Crippen LogP) is 2.74. The molecule has 1 fully saturated rings. The maximum atomic E-state index is 13.4. The van der Waals surface area contributed by atoms with Gasteiger partial charge in [0.1, 0.15) is 5.82 Å². The molecule has 1 aliphatic rings.